The fourth-order valence-electron chi connectivity index (χ4n) is 3.25. The minimum Gasteiger partial charge on any atom is -0.317 e. The molecule has 0 aliphatic carbocycles. The van der Waals surface area contributed by atoms with Crippen LogP contribution < -0.4 is 5.32 Å². The largest absolute Gasteiger partial charge is 0.317 e. The molecule has 1 N–H and O–H groups in total. The first-order valence-corrected chi connectivity index (χ1v) is 8.63. The third-order valence-electron chi connectivity index (χ3n) is 4.31. The highest BCUT2D eigenvalue weighted by Gasteiger charge is 2.26. The first-order valence-electron chi connectivity index (χ1n) is 7.45. The number of piperidine rings is 1. The van der Waals surface area contributed by atoms with Crippen LogP contribution in [0.25, 0.3) is 0 Å². The van der Waals surface area contributed by atoms with Gasteiger partial charge in [0.15, 0.2) is 0 Å². The van der Waals surface area contributed by atoms with Gasteiger partial charge < -0.3 is 5.32 Å². The van der Waals surface area contributed by atoms with Crippen LogP contribution in [0, 0.1) is 5.92 Å². The molecule has 0 amide bonds. The normalized spacial score (nSPS) is 17.6. The Morgan fingerprint density at radius 3 is 2.00 bits per heavy atom. The lowest BCUT2D eigenvalue weighted by molar-refractivity contribution is 0.342. The van der Waals surface area contributed by atoms with Crippen LogP contribution in [0.3, 0.4) is 0 Å². The SMILES string of the molecule is Clc1ccc(C(c2ccc(Br)cc2)C2CCNCC2)cc1. The number of hydrogen-bond acceptors (Lipinski definition) is 1. The second kappa shape index (κ2) is 6.95. The van der Waals surface area contributed by atoms with Gasteiger partial charge in [0, 0.05) is 15.4 Å². The van der Waals surface area contributed by atoms with Crippen LogP contribution in [0.15, 0.2) is 53.0 Å². The summed E-state index contributed by atoms with van der Waals surface area (Å²) >= 11 is 9.58. The molecule has 0 aromatic heterocycles. The van der Waals surface area contributed by atoms with Crippen LogP contribution >= 0.6 is 27.5 Å². The zero-order chi connectivity index (χ0) is 14.7. The summed E-state index contributed by atoms with van der Waals surface area (Å²) in [6.45, 7) is 2.23. The second-order valence-corrected chi connectivity index (χ2v) is 7.02. The molecule has 1 nitrogen and oxygen atoms in total. The van der Waals surface area contributed by atoms with Gasteiger partial charge in [0.2, 0.25) is 0 Å². The first kappa shape index (κ1) is 15.1. The predicted molar refractivity (Wildman–Crippen MR) is 93.0 cm³/mol. The summed E-state index contributed by atoms with van der Waals surface area (Å²) in [5.41, 5.74) is 2.76. The van der Waals surface area contributed by atoms with Crippen molar-refractivity contribution in [2.45, 2.75) is 18.8 Å². The first-order chi connectivity index (χ1) is 10.2. The minimum absolute atomic E-state index is 0.456. The van der Waals surface area contributed by atoms with Crippen molar-refractivity contribution >= 4 is 27.5 Å². The smallest absolute Gasteiger partial charge is 0.0406 e. The predicted octanol–water partition coefficient (Wildman–Crippen LogP) is 5.23. The van der Waals surface area contributed by atoms with E-state index in [0.717, 1.165) is 22.6 Å². The molecule has 2 aromatic rings. The summed E-state index contributed by atoms with van der Waals surface area (Å²) in [7, 11) is 0. The van der Waals surface area contributed by atoms with E-state index >= 15 is 0 Å². The number of rotatable bonds is 3. The third-order valence-corrected chi connectivity index (χ3v) is 5.09. The summed E-state index contributed by atoms with van der Waals surface area (Å²) in [6, 6.07) is 17.1. The molecule has 1 aliphatic heterocycles. The van der Waals surface area contributed by atoms with Gasteiger partial charge in [-0.3, -0.25) is 0 Å². The lowest BCUT2D eigenvalue weighted by Crippen LogP contribution is -2.31. The van der Waals surface area contributed by atoms with E-state index in [1.807, 2.05) is 12.1 Å². The lowest BCUT2D eigenvalue weighted by atomic mass is 9.76. The van der Waals surface area contributed by atoms with Gasteiger partial charge in [-0.15, -0.1) is 0 Å². The molecule has 1 fully saturated rings. The van der Waals surface area contributed by atoms with E-state index < -0.39 is 0 Å². The molecule has 1 aliphatic rings. The molecule has 1 saturated heterocycles. The van der Waals surface area contributed by atoms with E-state index in [-0.39, 0.29) is 0 Å². The Hall–Kier alpha value is -0.830. The molecular formula is C18H19BrClN. The Labute approximate surface area is 139 Å². The molecule has 1 unspecified atom stereocenters. The van der Waals surface area contributed by atoms with Crippen LogP contribution in [0.4, 0.5) is 0 Å². The highest BCUT2D eigenvalue weighted by Crippen LogP contribution is 2.37. The molecule has 21 heavy (non-hydrogen) atoms. The molecule has 3 heteroatoms. The number of benzene rings is 2. The van der Waals surface area contributed by atoms with Crippen molar-refractivity contribution in [2.24, 2.45) is 5.92 Å². The van der Waals surface area contributed by atoms with Gasteiger partial charge in [-0.05, 0) is 67.2 Å². The Bertz CT molecular complexity index is 528. The second-order valence-electron chi connectivity index (χ2n) is 5.67. The van der Waals surface area contributed by atoms with Gasteiger partial charge in [-0.25, -0.2) is 0 Å². The van der Waals surface area contributed by atoms with Gasteiger partial charge in [0.25, 0.3) is 0 Å². The fraction of sp³-hybridized carbons (Fsp3) is 0.333. The zero-order valence-electron chi connectivity index (χ0n) is 11.9. The van der Waals surface area contributed by atoms with Crippen molar-refractivity contribution in [3.05, 3.63) is 69.2 Å². The van der Waals surface area contributed by atoms with E-state index in [1.54, 1.807) is 0 Å². The van der Waals surface area contributed by atoms with Crippen molar-refractivity contribution in [3.63, 3.8) is 0 Å². The van der Waals surface area contributed by atoms with E-state index in [4.69, 9.17) is 11.6 Å². The molecular weight excluding hydrogens is 346 g/mol. The maximum Gasteiger partial charge on any atom is 0.0406 e. The van der Waals surface area contributed by atoms with Crippen LogP contribution in [0.5, 0.6) is 0 Å². The molecule has 0 spiro atoms. The number of nitrogens with one attached hydrogen (secondary N) is 1. The molecule has 2 aromatic carbocycles. The van der Waals surface area contributed by atoms with Crippen molar-refractivity contribution < 1.29 is 0 Å². The van der Waals surface area contributed by atoms with Crippen molar-refractivity contribution in [1.82, 2.24) is 5.32 Å². The monoisotopic (exact) mass is 363 g/mol. The summed E-state index contributed by atoms with van der Waals surface area (Å²) < 4.78 is 1.13. The van der Waals surface area contributed by atoms with Crippen LogP contribution in [-0.2, 0) is 0 Å². The highest BCUT2D eigenvalue weighted by atomic mass is 79.9. The summed E-state index contributed by atoms with van der Waals surface area (Å²) in [5.74, 6) is 1.14. The average Bonchev–Trinajstić information content (AvgIpc) is 2.52. The van der Waals surface area contributed by atoms with E-state index in [2.05, 4.69) is 57.6 Å². The number of hydrogen-bond donors (Lipinski definition) is 1. The quantitative estimate of drug-likeness (QED) is 0.786. The Balaban J connectivity index is 1.97. The minimum atomic E-state index is 0.456. The molecule has 0 bridgehead atoms. The zero-order valence-corrected chi connectivity index (χ0v) is 14.2. The third kappa shape index (κ3) is 3.68. The van der Waals surface area contributed by atoms with Gasteiger partial charge in [0.05, 0.1) is 0 Å². The van der Waals surface area contributed by atoms with Gasteiger partial charge in [-0.1, -0.05) is 51.8 Å². The summed E-state index contributed by atoms with van der Waals surface area (Å²) in [4.78, 5) is 0. The van der Waals surface area contributed by atoms with Crippen molar-refractivity contribution in [2.75, 3.05) is 13.1 Å². The molecule has 110 valence electrons. The Morgan fingerprint density at radius 1 is 0.905 bits per heavy atom. The molecule has 1 atom stereocenters. The fourth-order valence-corrected chi connectivity index (χ4v) is 3.64. The highest BCUT2D eigenvalue weighted by molar-refractivity contribution is 9.10. The Kier molecular flexibility index (Phi) is 4.99. The van der Waals surface area contributed by atoms with Gasteiger partial charge in [0.1, 0.15) is 0 Å². The number of halogens is 2. The van der Waals surface area contributed by atoms with Crippen molar-refractivity contribution in [3.8, 4) is 0 Å². The molecule has 1 heterocycles. The van der Waals surface area contributed by atoms with Crippen LogP contribution in [0.1, 0.15) is 29.9 Å². The van der Waals surface area contributed by atoms with E-state index in [9.17, 15) is 0 Å². The maximum absolute atomic E-state index is 6.05. The van der Waals surface area contributed by atoms with Crippen molar-refractivity contribution in [1.29, 1.82) is 0 Å². The Morgan fingerprint density at radius 2 is 1.43 bits per heavy atom. The van der Waals surface area contributed by atoms with Crippen LogP contribution in [-0.4, -0.2) is 13.1 Å². The van der Waals surface area contributed by atoms with Crippen LogP contribution in [0.2, 0.25) is 5.02 Å². The summed E-state index contributed by atoms with van der Waals surface area (Å²) in [5, 5.41) is 4.27. The summed E-state index contributed by atoms with van der Waals surface area (Å²) in [6.07, 6.45) is 2.45. The molecule has 0 saturated carbocycles. The van der Waals surface area contributed by atoms with Gasteiger partial charge in [-0.2, -0.15) is 0 Å². The van der Waals surface area contributed by atoms with Gasteiger partial charge >= 0.3 is 0 Å². The maximum atomic E-state index is 6.05. The average molecular weight is 365 g/mol. The van der Waals surface area contributed by atoms with E-state index in [1.165, 1.54) is 24.0 Å². The standard InChI is InChI=1S/C18H19BrClN/c19-16-5-1-13(2-6-16)18(15-9-11-21-12-10-15)14-3-7-17(20)8-4-14/h1-8,15,18,21H,9-12H2. The van der Waals surface area contributed by atoms with E-state index in [0.29, 0.717) is 11.8 Å². The molecule has 0 radical (unpaired) electrons. The lowest BCUT2D eigenvalue weighted by Gasteiger charge is -2.31. The molecule has 3 rings (SSSR count). The topological polar surface area (TPSA) is 12.0 Å².